The second-order valence-corrected chi connectivity index (χ2v) is 6.99. The lowest BCUT2D eigenvalue weighted by Crippen LogP contribution is -2.32. The van der Waals surface area contributed by atoms with E-state index < -0.39 is 0 Å². The Morgan fingerprint density at radius 2 is 2.18 bits per heavy atom. The predicted molar refractivity (Wildman–Crippen MR) is 88.9 cm³/mol. The summed E-state index contributed by atoms with van der Waals surface area (Å²) in [5, 5.41) is 8.29. The minimum absolute atomic E-state index is 0.0569. The van der Waals surface area contributed by atoms with Gasteiger partial charge in [-0.15, -0.1) is 11.3 Å². The van der Waals surface area contributed by atoms with Gasteiger partial charge < -0.3 is 4.90 Å². The number of hydrogen-bond acceptors (Lipinski definition) is 4. The molecule has 2 aromatic heterocycles. The van der Waals surface area contributed by atoms with Crippen molar-refractivity contribution in [3.05, 3.63) is 33.0 Å². The van der Waals surface area contributed by atoms with Crippen molar-refractivity contribution in [2.75, 3.05) is 7.05 Å². The van der Waals surface area contributed by atoms with Crippen molar-refractivity contribution in [3.8, 4) is 0 Å². The minimum Gasteiger partial charge on any atom is -0.340 e. The Labute approximate surface area is 135 Å². The third-order valence-electron chi connectivity index (χ3n) is 3.89. The van der Waals surface area contributed by atoms with Crippen LogP contribution in [-0.4, -0.2) is 33.0 Å². The molecule has 0 bridgehead atoms. The van der Waals surface area contributed by atoms with Gasteiger partial charge in [-0.25, -0.2) is 4.98 Å². The van der Waals surface area contributed by atoms with Gasteiger partial charge in [0.05, 0.1) is 17.2 Å². The molecule has 0 radical (unpaired) electrons. The summed E-state index contributed by atoms with van der Waals surface area (Å²) in [5.74, 6) is 0.102. The number of amides is 1. The molecule has 0 aliphatic rings. The van der Waals surface area contributed by atoms with Gasteiger partial charge in [-0.2, -0.15) is 5.10 Å². The summed E-state index contributed by atoms with van der Waals surface area (Å²) in [7, 11) is 1.86. The summed E-state index contributed by atoms with van der Waals surface area (Å²) in [4.78, 5) is 19.8. The van der Waals surface area contributed by atoms with Crippen LogP contribution in [0.5, 0.6) is 0 Å². The molecule has 2 aromatic rings. The van der Waals surface area contributed by atoms with Crippen LogP contribution in [0.1, 0.15) is 40.7 Å². The van der Waals surface area contributed by atoms with Crippen molar-refractivity contribution in [1.29, 1.82) is 0 Å². The Kier molecular flexibility index (Phi) is 5.34. The van der Waals surface area contributed by atoms with Gasteiger partial charge >= 0.3 is 0 Å². The number of carbonyl (C=O) groups is 1. The molecule has 120 valence electrons. The van der Waals surface area contributed by atoms with Crippen LogP contribution in [0.25, 0.3) is 0 Å². The Balaban J connectivity index is 1.97. The monoisotopic (exact) mass is 320 g/mol. The zero-order valence-electron chi connectivity index (χ0n) is 13.9. The molecule has 0 spiro atoms. The molecule has 1 amide bonds. The first-order valence-electron chi connectivity index (χ1n) is 7.61. The van der Waals surface area contributed by atoms with Crippen LogP contribution in [0.15, 0.2) is 6.20 Å². The second kappa shape index (κ2) is 7.05. The zero-order chi connectivity index (χ0) is 16.3. The summed E-state index contributed by atoms with van der Waals surface area (Å²) >= 11 is 1.68. The van der Waals surface area contributed by atoms with Crippen LogP contribution in [0.2, 0.25) is 0 Å². The highest BCUT2D eigenvalue weighted by Gasteiger charge is 2.21. The highest BCUT2D eigenvalue weighted by atomic mass is 32.1. The maximum atomic E-state index is 12.6. The molecule has 0 aliphatic carbocycles. The summed E-state index contributed by atoms with van der Waals surface area (Å²) in [6, 6.07) is 0. The number of H-pyrrole nitrogens is 1. The predicted octanol–water partition coefficient (Wildman–Crippen LogP) is 2.88. The van der Waals surface area contributed by atoms with Crippen molar-refractivity contribution in [2.45, 2.75) is 47.1 Å². The molecule has 22 heavy (non-hydrogen) atoms. The molecule has 2 rings (SSSR count). The average Bonchev–Trinajstić information content (AvgIpc) is 3.07. The number of aromatic amines is 1. The number of nitrogens with one attached hydrogen (secondary N) is 1. The highest BCUT2D eigenvalue weighted by molar-refractivity contribution is 7.11. The standard InChI is InChI=1S/C16H24N4OS/c1-6-15-17-8-13(22-15)9-20(5)16(21)10(2)7-14-11(3)18-19-12(14)4/h8,10H,6-7,9H2,1-5H3,(H,18,19)/t10-/m1/s1. The first kappa shape index (κ1) is 16.7. The SMILES string of the molecule is CCc1ncc(CN(C)C(=O)[C@H](C)Cc2c(C)n[nH]c2C)s1. The first-order valence-corrected chi connectivity index (χ1v) is 8.43. The molecule has 5 nitrogen and oxygen atoms in total. The van der Waals surface area contributed by atoms with Crippen molar-refractivity contribution in [2.24, 2.45) is 5.92 Å². The van der Waals surface area contributed by atoms with Gasteiger partial charge in [0.15, 0.2) is 0 Å². The fourth-order valence-electron chi connectivity index (χ4n) is 2.54. The largest absolute Gasteiger partial charge is 0.340 e. The summed E-state index contributed by atoms with van der Waals surface area (Å²) < 4.78 is 0. The van der Waals surface area contributed by atoms with E-state index in [2.05, 4.69) is 22.1 Å². The normalized spacial score (nSPS) is 12.4. The fraction of sp³-hybridized carbons (Fsp3) is 0.562. The molecule has 1 atom stereocenters. The molecule has 0 aliphatic heterocycles. The third-order valence-corrected chi connectivity index (χ3v) is 5.01. The molecule has 1 N–H and O–H groups in total. The average molecular weight is 320 g/mol. The van der Waals surface area contributed by atoms with E-state index in [0.29, 0.717) is 6.54 Å². The first-order chi connectivity index (χ1) is 10.4. The number of hydrogen-bond donors (Lipinski definition) is 1. The Hall–Kier alpha value is -1.69. The van der Waals surface area contributed by atoms with Crippen molar-refractivity contribution < 1.29 is 4.79 Å². The van der Waals surface area contributed by atoms with E-state index in [1.807, 2.05) is 34.0 Å². The second-order valence-electron chi connectivity index (χ2n) is 5.79. The van der Waals surface area contributed by atoms with Crippen LogP contribution in [-0.2, 0) is 24.2 Å². The molecular formula is C16H24N4OS. The number of thiazole rings is 1. The van der Waals surface area contributed by atoms with E-state index in [1.165, 1.54) is 0 Å². The number of rotatable bonds is 6. The van der Waals surface area contributed by atoms with Crippen LogP contribution >= 0.6 is 11.3 Å². The van der Waals surface area contributed by atoms with Crippen LogP contribution in [0.4, 0.5) is 0 Å². The molecular weight excluding hydrogens is 296 g/mol. The van der Waals surface area contributed by atoms with Crippen LogP contribution < -0.4 is 0 Å². The molecule has 0 aromatic carbocycles. The van der Waals surface area contributed by atoms with E-state index in [-0.39, 0.29) is 11.8 Å². The lowest BCUT2D eigenvalue weighted by molar-refractivity contribution is -0.134. The molecule has 0 unspecified atom stereocenters. The fourth-order valence-corrected chi connectivity index (χ4v) is 3.46. The van der Waals surface area contributed by atoms with Gasteiger partial charge in [0.25, 0.3) is 0 Å². The maximum absolute atomic E-state index is 12.6. The summed E-state index contributed by atoms with van der Waals surface area (Å²) in [6.45, 7) is 8.68. The Bertz CT molecular complexity index is 627. The van der Waals surface area contributed by atoms with E-state index in [0.717, 1.165) is 39.7 Å². The van der Waals surface area contributed by atoms with Gasteiger partial charge in [0.2, 0.25) is 5.91 Å². The third kappa shape index (κ3) is 3.74. The van der Waals surface area contributed by atoms with Gasteiger partial charge in [0.1, 0.15) is 0 Å². The summed E-state index contributed by atoms with van der Waals surface area (Å²) in [6.07, 6.45) is 3.54. The van der Waals surface area contributed by atoms with Crippen molar-refractivity contribution >= 4 is 17.2 Å². The molecule has 6 heteroatoms. The smallest absolute Gasteiger partial charge is 0.225 e. The highest BCUT2D eigenvalue weighted by Crippen LogP contribution is 2.19. The Morgan fingerprint density at radius 3 is 2.73 bits per heavy atom. The molecule has 0 fully saturated rings. The zero-order valence-corrected chi connectivity index (χ0v) is 14.8. The number of carbonyl (C=O) groups excluding carboxylic acids is 1. The van der Waals surface area contributed by atoms with E-state index in [4.69, 9.17) is 0 Å². The quantitative estimate of drug-likeness (QED) is 0.890. The van der Waals surface area contributed by atoms with Gasteiger partial charge in [0, 0.05) is 29.7 Å². The topological polar surface area (TPSA) is 61.9 Å². The lowest BCUT2D eigenvalue weighted by Gasteiger charge is -2.20. The number of nitrogens with zero attached hydrogens (tertiary/aromatic N) is 3. The van der Waals surface area contributed by atoms with Crippen LogP contribution in [0, 0.1) is 19.8 Å². The lowest BCUT2D eigenvalue weighted by atomic mass is 9.98. The molecule has 2 heterocycles. The van der Waals surface area contributed by atoms with Crippen LogP contribution in [0.3, 0.4) is 0 Å². The molecule has 0 saturated carbocycles. The van der Waals surface area contributed by atoms with Gasteiger partial charge in [-0.05, 0) is 32.3 Å². The van der Waals surface area contributed by atoms with E-state index >= 15 is 0 Å². The Morgan fingerprint density at radius 1 is 1.45 bits per heavy atom. The number of aryl methyl sites for hydroxylation is 3. The summed E-state index contributed by atoms with van der Waals surface area (Å²) in [5.41, 5.74) is 3.19. The van der Waals surface area contributed by atoms with Crippen molar-refractivity contribution in [3.63, 3.8) is 0 Å². The van der Waals surface area contributed by atoms with E-state index in [1.54, 1.807) is 16.2 Å². The molecule has 0 saturated heterocycles. The minimum atomic E-state index is -0.0569. The van der Waals surface area contributed by atoms with Gasteiger partial charge in [-0.1, -0.05) is 13.8 Å². The van der Waals surface area contributed by atoms with E-state index in [9.17, 15) is 4.79 Å². The number of aromatic nitrogens is 3. The van der Waals surface area contributed by atoms with Crippen molar-refractivity contribution in [1.82, 2.24) is 20.1 Å². The van der Waals surface area contributed by atoms with Gasteiger partial charge in [-0.3, -0.25) is 9.89 Å². The maximum Gasteiger partial charge on any atom is 0.225 e.